The summed E-state index contributed by atoms with van der Waals surface area (Å²) in [7, 11) is 0. The quantitative estimate of drug-likeness (QED) is 0.431. The number of aromatic nitrogens is 4. The van der Waals surface area contributed by atoms with Crippen molar-refractivity contribution in [1.82, 2.24) is 19.1 Å². The normalized spacial score (nSPS) is 33.8. The van der Waals surface area contributed by atoms with Crippen molar-refractivity contribution in [3.63, 3.8) is 0 Å². The van der Waals surface area contributed by atoms with Crippen molar-refractivity contribution in [2.45, 2.75) is 43.2 Å². The van der Waals surface area contributed by atoms with Crippen molar-refractivity contribution in [2.24, 2.45) is 0 Å². The van der Waals surface area contributed by atoms with E-state index in [1.165, 1.54) is 21.7 Å². The van der Waals surface area contributed by atoms with Crippen molar-refractivity contribution < 1.29 is 29.6 Å². The van der Waals surface area contributed by atoms with Crippen LogP contribution in [0.4, 0.5) is 5.95 Å². The molecule has 4 N–H and O–H groups in total. The van der Waals surface area contributed by atoms with Crippen molar-refractivity contribution in [2.75, 3.05) is 11.9 Å². The molecule has 2 aromatic rings. The maximum Gasteiger partial charge on any atom is 0.283 e. The van der Waals surface area contributed by atoms with Gasteiger partial charge in [0.15, 0.2) is 29.9 Å². The van der Waals surface area contributed by atoms with Crippen LogP contribution in [0.25, 0.3) is 11.2 Å². The molecule has 5 heterocycles. The number of fused-ring (bicyclic) bond motifs is 5. The summed E-state index contributed by atoms with van der Waals surface area (Å²) >= 11 is 0. The van der Waals surface area contributed by atoms with E-state index >= 15 is 0 Å². The topological polar surface area (TPSA) is 161 Å². The summed E-state index contributed by atoms with van der Waals surface area (Å²) in [6, 6.07) is -0.518. The molecule has 148 valence electrons. The molecule has 0 unspecified atom stereocenters. The van der Waals surface area contributed by atoms with Gasteiger partial charge in [0.25, 0.3) is 5.56 Å². The van der Waals surface area contributed by atoms with Crippen LogP contribution in [0, 0.1) is 0 Å². The summed E-state index contributed by atoms with van der Waals surface area (Å²) in [5.41, 5.74) is 0.0231. The van der Waals surface area contributed by atoms with Crippen molar-refractivity contribution in [3.05, 3.63) is 28.5 Å². The van der Waals surface area contributed by atoms with Gasteiger partial charge in [0.05, 0.1) is 25.2 Å². The van der Waals surface area contributed by atoms with Gasteiger partial charge in [-0.25, -0.2) is 4.98 Å². The molecule has 0 amide bonds. The van der Waals surface area contributed by atoms with Gasteiger partial charge in [-0.15, -0.1) is 0 Å². The second-order valence-corrected chi connectivity index (χ2v) is 6.92. The Kier molecular flexibility index (Phi) is 3.77. The predicted molar refractivity (Wildman–Crippen MR) is 91.1 cm³/mol. The monoisotopic (exact) mass is 391 g/mol. The van der Waals surface area contributed by atoms with E-state index in [2.05, 4.69) is 15.3 Å². The molecule has 12 heteroatoms. The molecule has 6 atom stereocenters. The van der Waals surface area contributed by atoms with Crippen LogP contribution in [0.2, 0.25) is 0 Å². The van der Waals surface area contributed by atoms with Crippen molar-refractivity contribution >= 4 is 23.4 Å². The molecule has 1 fully saturated rings. The van der Waals surface area contributed by atoms with Gasteiger partial charge in [-0.1, -0.05) is 0 Å². The van der Waals surface area contributed by atoms with E-state index < -0.39 is 49.0 Å². The molecule has 0 aliphatic carbocycles. The Balaban J connectivity index is 1.65. The van der Waals surface area contributed by atoms with Crippen LogP contribution in [0.1, 0.15) is 18.7 Å². The van der Waals surface area contributed by atoms with Gasteiger partial charge in [-0.3, -0.25) is 18.7 Å². The van der Waals surface area contributed by atoms with E-state index in [4.69, 9.17) is 9.47 Å². The predicted octanol–water partition coefficient (Wildman–Crippen LogP) is -2.00. The molecule has 0 spiro atoms. The lowest BCUT2D eigenvalue weighted by atomic mass is 10.0. The standard InChI is InChI=1S/C16H17N5O7/c22-2-6-4-27-9-1-7(6)21-14(26)10-13(19-16(21)18-9)20(5-17-10)15-12(25)11(24)8(3-23)28-15/h2,4-5,7-9,11-12,15,23-25H,1,3H2,(H,18,19)/t7-,8-,9-,11-,12-,15-/m1/s1. The highest BCUT2D eigenvalue weighted by Gasteiger charge is 2.44. The molecule has 2 aromatic heterocycles. The molecular weight excluding hydrogens is 374 g/mol. The summed E-state index contributed by atoms with van der Waals surface area (Å²) in [5.74, 6) is 0.194. The zero-order valence-electron chi connectivity index (χ0n) is 14.4. The summed E-state index contributed by atoms with van der Waals surface area (Å²) in [5, 5.41) is 32.5. The first-order valence-corrected chi connectivity index (χ1v) is 8.72. The lowest BCUT2D eigenvalue weighted by Gasteiger charge is -2.36. The average Bonchev–Trinajstić information content (AvgIpc) is 3.23. The van der Waals surface area contributed by atoms with E-state index in [-0.39, 0.29) is 17.1 Å². The average molecular weight is 391 g/mol. The first-order chi connectivity index (χ1) is 13.5. The number of ether oxygens (including phenoxy) is 2. The fourth-order valence-electron chi connectivity index (χ4n) is 3.90. The van der Waals surface area contributed by atoms with Crippen LogP contribution < -0.4 is 10.9 Å². The van der Waals surface area contributed by atoms with Gasteiger partial charge in [-0.2, -0.15) is 4.98 Å². The number of nitrogens with one attached hydrogen (secondary N) is 1. The third-order valence-corrected chi connectivity index (χ3v) is 5.35. The molecule has 1 saturated heterocycles. The molecular formula is C16H17N5O7. The fourth-order valence-corrected chi connectivity index (χ4v) is 3.90. The minimum absolute atomic E-state index is 0.0264. The summed E-state index contributed by atoms with van der Waals surface area (Å²) < 4.78 is 13.6. The van der Waals surface area contributed by atoms with E-state index in [9.17, 15) is 24.9 Å². The van der Waals surface area contributed by atoms with E-state index in [0.717, 1.165) is 0 Å². The highest BCUT2D eigenvalue weighted by Crippen LogP contribution is 2.35. The summed E-state index contributed by atoms with van der Waals surface area (Å²) in [6.45, 7) is -0.476. The van der Waals surface area contributed by atoms with Gasteiger partial charge >= 0.3 is 0 Å². The van der Waals surface area contributed by atoms with Gasteiger partial charge in [-0.05, 0) is 0 Å². The Bertz CT molecular complexity index is 1050. The van der Waals surface area contributed by atoms with Crippen LogP contribution in [0.15, 0.2) is 23.0 Å². The number of imidazole rings is 1. The first-order valence-electron chi connectivity index (χ1n) is 8.72. The zero-order valence-corrected chi connectivity index (χ0v) is 14.4. The number of rotatable bonds is 3. The summed E-state index contributed by atoms with van der Waals surface area (Å²) in [4.78, 5) is 32.9. The zero-order chi connectivity index (χ0) is 19.6. The maximum absolute atomic E-state index is 13.1. The molecule has 12 nitrogen and oxygen atoms in total. The second-order valence-electron chi connectivity index (χ2n) is 6.92. The molecule has 0 aromatic carbocycles. The minimum Gasteiger partial charge on any atom is -0.478 e. The number of aldehydes is 1. The molecule has 0 radical (unpaired) electrons. The van der Waals surface area contributed by atoms with Crippen LogP contribution in [0.5, 0.6) is 0 Å². The molecule has 5 rings (SSSR count). The lowest BCUT2D eigenvalue weighted by molar-refractivity contribution is -0.105. The third kappa shape index (κ3) is 2.26. The van der Waals surface area contributed by atoms with Crippen molar-refractivity contribution in [3.8, 4) is 0 Å². The Morgan fingerprint density at radius 1 is 1.36 bits per heavy atom. The highest BCUT2D eigenvalue weighted by molar-refractivity contribution is 5.76. The number of anilines is 1. The number of nitrogens with zero attached hydrogens (tertiary/aromatic N) is 4. The maximum atomic E-state index is 13.1. The van der Waals surface area contributed by atoms with Crippen LogP contribution >= 0.6 is 0 Å². The van der Waals surface area contributed by atoms with E-state index in [0.29, 0.717) is 18.3 Å². The fraction of sp³-hybridized carbons (Fsp3) is 0.500. The number of hydrogen-bond acceptors (Lipinski definition) is 10. The Labute approximate surface area is 156 Å². The second kappa shape index (κ2) is 6.10. The molecule has 3 aliphatic heterocycles. The number of carbonyl (C=O) groups is 1. The van der Waals surface area contributed by atoms with Crippen LogP contribution in [0.3, 0.4) is 0 Å². The van der Waals surface area contributed by atoms with E-state index in [1.54, 1.807) is 0 Å². The third-order valence-electron chi connectivity index (χ3n) is 5.35. The Hall–Kier alpha value is -2.80. The molecule has 2 bridgehead atoms. The Morgan fingerprint density at radius 3 is 2.89 bits per heavy atom. The molecule has 28 heavy (non-hydrogen) atoms. The smallest absolute Gasteiger partial charge is 0.283 e. The van der Waals surface area contributed by atoms with Gasteiger partial charge in [0.1, 0.15) is 18.3 Å². The molecule has 0 saturated carbocycles. The number of aliphatic hydroxyl groups excluding tert-OH is 3. The number of hydrogen-bond donors (Lipinski definition) is 4. The lowest BCUT2D eigenvalue weighted by Crippen LogP contribution is -2.43. The highest BCUT2D eigenvalue weighted by atomic mass is 16.6. The number of aliphatic hydroxyl groups is 3. The van der Waals surface area contributed by atoms with Gasteiger partial charge in [0.2, 0.25) is 5.95 Å². The van der Waals surface area contributed by atoms with Gasteiger partial charge < -0.3 is 30.1 Å². The molecule has 3 aliphatic rings. The minimum atomic E-state index is -1.34. The Morgan fingerprint density at radius 2 is 2.18 bits per heavy atom. The van der Waals surface area contributed by atoms with Crippen LogP contribution in [-0.4, -0.2) is 71.9 Å². The van der Waals surface area contributed by atoms with E-state index in [1.807, 2.05) is 0 Å². The summed E-state index contributed by atoms with van der Waals surface area (Å²) in [6.07, 6.45) is -1.47. The van der Waals surface area contributed by atoms with Gasteiger partial charge in [0, 0.05) is 12.0 Å². The number of carbonyl (C=O) groups excluding carboxylic acids is 1. The first kappa shape index (κ1) is 17.3. The van der Waals surface area contributed by atoms with Crippen molar-refractivity contribution in [1.29, 1.82) is 0 Å². The SMILES string of the molecule is O=CC1=CO[C@@H]2C[C@H]1n1c(nc3c(ncn3[C@@H]3O[C@H](CO)[C@@H](O)[C@H]3O)c1=O)N2. The van der Waals surface area contributed by atoms with Crippen LogP contribution in [-0.2, 0) is 14.3 Å². The number of allylic oxidation sites excluding steroid dienone is 1. The largest absolute Gasteiger partial charge is 0.478 e.